The average molecular weight is 231 g/mol. The first kappa shape index (κ1) is 11.7. The van der Waals surface area contributed by atoms with Gasteiger partial charge in [-0.3, -0.25) is 0 Å². The molecule has 0 radical (unpaired) electrons. The number of ether oxygens (including phenoxy) is 1. The lowest BCUT2D eigenvalue weighted by Gasteiger charge is -2.12. The van der Waals surface area contributed by atoms with Crippen molar-refractivity contribution in [3.63, 3.8) is 0 Å². The van der Waals surface area contributed by atoms with Gasteiger partial charge in [-0.2, -0.15) is 0 Å². The molecule has 0 saturated carbocycles. The lowest BCUT2D eigenvalue weighted by Crippen LogP contribution is -2.11. The maximum atomic E-state index is 5.49. The van der Waals surface area contributed by atoms with Gasteiger partial charge in [-0.15, -0.1) is 0 Å². The van der Waals surface area contributed by atoms with Gasteiger partial charge in [0.1, 0.15) is 17.1 Å². The monoisotopic (exact) mass is 231 g/mol. The van der Waals surface area contributed by atoms with E-state index in [0.717, 1.165) is 28.6 Å². The molecule has 2 rings (SSSR count). The Balaban J connectivity index is 2.80. The molecule has 17 heavy (non-hydrogen) atoms. The van der Waals surface area contributed by atoms with E-state index in [1.165, 1.54) is 5.56 Å². The molecule has 90 valence electrons. The number of aromatic nitrogens is 1. The van der Waals surface area contributed by atoms with Crippen LogP contribution < -0.4 is 16.0 Å². The van der Waals surface area contributed by atoms with Crippen molar-refractivity contribution in [2.45, 2.75) is 20.3 Å². The molecule has 4 heteroatoms. The summed E-state index contributed by atoms with van der Waals surface area (Å²) in [4.78, 5) is 4.54. The minimum absolute atomic E-state index is 0.712. The smallest absolute Gasteiger partial charge is 0.145 e. The van der Waals surface area contributed by atoms with E-state index in [1.54, 1.807) is 7.11 Å². The summed E-state index contributed by atoms with van der Waals surface area (Å²) in [6.45, 7) is 4.15. The van der Waals surface area contributed by atoms with E-state index in [4.69, 9.17) is 10.6 Å². The van der Waals surface area contributed by atoms with Gasteiger partial charge in [0.15, 0.2) is 0 Å². The molecule has 0 unspecified atom stereocenters. The number of rotatable bonds is 3. The largest absolute Gasteiger partial charge is 0.494 e. The molecule has 0 aliphatic rings. The number of nitrogen functional groups attached to an aromatic ring is 1. The van der Waals surface area contributed by atoms with E-state index in [1.807, 2.05) is 12.1 Å². The third-order valence-corrected chi connectivity index (χ3v) is 2.98. The third-order valence-electron chi connectivity index (χ3n) is 2.98. The number of fused-ring (bicyclic) bond motifs is 1. The number of pyridine rings is 1. The molecule has 4 nitrogen and oxygen atoms in total. The second kappa shape index (κ2) is 4.59. The summed E-state index contributed by atoms with van der Waals surface area (Å²) in [6.07, 6.45) is 0.888. The maximum absolute atomic E-state index is 5.49. The Bertz CT molecular complexity index is 552. The van der Waals surface area contributed by atoms with Crippen molar-refractivity contribution in [2.24, 2.45) is 5.84 Å². The lowest BCUT2D eigenvalue weighted by atomic mass is 10.1. The maximum Gasteiger partial charge on any atom is 0.145 e. The van der Waals surface area contributed by atoms with Gasteiger partial charge in [0.2, 0.25) is 0 Å². The summed E-state index contributed by atoms with van der Waals surface area (Å²) in [7, 11) is 1.65. The van der Waals surface area contributed by atoms with Gasteiger partial charge in [-0.05, 0) is 36.6 Å². The number of benzene rings is 1. The summed E-state index contributed by atoms with van der Waals surface area (Å²) in [6, 6.07) is 6.09. The number of methoxy groups -OCH3 is 1. The molecule has 3 N–H and O–H groups in total. The van der Waals surface area contributed by atoms with Crippen LogP contribution in [-0.4, -0.2) is 12.1 Å². The van der Waals surface area contributed by atoms with Gasteiger partial charge >= 0.3 is 0 Å². The molecular weight excluding hydrogens is 214 g/mol. The Morgan fingerprint density at radius 3 is 2.76 bits per heavy atom. The van der Waals surface area contributed by atoms with Crippen molar-refractivity contribution < 1.29 is 4.74 Å². The predicted molar refractivity (Wildman–Crippen MR) is 70.2 cm³/mol. The Hall–Kier alpha value is -1.81. The number of nitrogens with zero attached hydrogens (tertiary/aromatic N) is 1. The standard InChI is InChI=1S/C13H17N3O/c1-4-9-7-10-8(2)5-6-11(17-3)12(10)15-13(9)16-14/h5-7H,4,14H2,1-3H3,(H,15,16). The Labute approximate surface area is 101 Å². The number of nitrogens with one attached hydrogen (secondary N) is 1. The van der Waals surface area contributed by atoms with Crippen LogP contribution in [0.5, 0.6) is 5.75 Å². The molecule has 1 aromatic carbocycles. The van der Waals surface area contributed by atoms with E-state index in [9.17, 15) is 0 Å². The first-order valence-electron chi connectivity index (χ1n) is 5.65. The highest BCUT2D eigenvalue weighted by molar-refractivity contribution is 5.89. The van der Waals surface area contributed by atoms with Crippen molar-refractivity contribution in [2.75, 3.05) is 12.5 Å². The van der Waals surface area contributed by atoms with E-state index in [2.05, 4.69) is 30.3 Å². The van der Waals surface area contributed by atoms with Crippen LogP contribution in [-0.2, 0) is 6.42 Å². The van der Waals surface area contributed by atoms with Crippen LogP contribution in [0.1, 0.15) is 18.1 Å². The van der Waals surface area contributed by atoms with Crippen molar-refractivity contribution in [3.05, 3.63) is 29.3 Å². The molecule has 0 fully saturated rings. The highest BCUT2D eigenvalue weighted by Gasteiger charge is 2.10. The lowest BCUT2D eigenvalue weighted by molar-refractivity contribution is 0.419. The minimum atomic E-state index is 0.712. The molecule has 0 spiro atoms. The van der Waals surface area contributed by atoms with Crippen molar-refractivity contribution >= 4 is 16.7 Å². The molecule has 1 heterocycles. The van der Waals surface area contributed by atoms with Gasteiger partial charge in [-0.25, -0.2) is 10.8 Å². The third kappa shape index (κ3) is 1.91. The van der Waals surface area contributed by atoms with Gasteiger partial charge < -0.3 is 10.2 Å². The van der Waals surface area contributed by atoms with Crippen LogP contribution in [0.15, 0.2) is 18.2 Å². The normalized spacial score (nSPS) is 10.6. The van der Waals surface area contributed by atoms with Crippen LogP contribution in [0.2, 0.25) is 0 Å². The number of hydrogen-bond acceptors (Lipinski definition) is 4. The minimum Gasteiger partial charge on any atom is -0.494 e. The molecule has 0 bridgehead atoms. The number of hydrogen-bond donors (Lipinski definition) is 2. The molecule has 2 aromatic rings. The number of hydrazine groups is 1. The summed E-state index contributed by atoms with van der Waals surface area (Å²) in [5.74, 6) is 6.97. The van der Waals surface area contributed by atoms with Gasteiger partial charge in [-0.1, -0.05) is 13.0 Å². The number of anilines is 1. The zero-order valence-electron chi connectivity index (χ0n) is 10.4. The van der Waals surface area contributed by atoms with E-state index in [-0.39, 0.29) is 0 Å². The summed E-state index contributed by atoms with van der Waals surface area (Å²) < 4.78 is 5.32. The summed E-state index contributed by atoms with van der Waals surface area (Å²) >= 11 is 0. The molecular formula is C13H17N3O. The Morgan fingerprint density at radius 1 is 1.41 bits per heavy atom. The van der Waals surface area contributed by atoms with Gasteiger partial charge in [0.25, 0.3) is 0 Å². The molecule has 0 aliphatic carbocycles. The first-order chi connectivity index (χ1) is 8.21. The summed E-state index contributed by atoms with van der Waals surface area (Å²) in [5.41, 5.74) is 5.78. The molecule has 0 amide bonds. The van der Waals surface area contributed by atoms with E-state index < -0.39 is 0 Å². The first-order valence-corrected chi connectivity index (χ1v) is 5.65. The van der Waals surface area contributed by atoms with Crippen LogP contribution in [0, 0.1) is 6.92 Å². The van der Waals surface area contributed by atoms with Crippen molar-refractivity contribution in [1.82, 2.24) is 4.98 Å². The topological polar surface area (TPSA) is 60.2 Å². The fourth-order valence-corrected chi connectivity index (χ4v) is 1.97. The SMILES string of the molecule is CCc1cc2c(C)ccc(OC)c2nc1NN. The second-order valence-corrected chi connectivity index (χ2v) is 3.97. The molecule has 1 aromatic heterocycles. The van der Waals surface area contributed by atoms with Crippen LogP contribution in [0.4, 0.5) is 5.82 Å². The van der Waals surface area contributed by atoms with E-state index in [0.29, 0.717) is 5.82 Å². The van der Waals surface area contributed by atoms with Gasteiger partial charge in [0.05, 0.1) is 7.11 Å². The number of aryl methyl sites for hydroxylation is 2. The van der Waals surface area contributed by atoms with Crippen LogP contribution in [0.25, 0.3) is 10.9 Å². The Morgan fingerprint density at radius 2 is 2.18 bits per heavy atom. The highest BCUT2D eigenvalue weighted by atomic mass is 16.5. The fourth-order valence-electron chi connectivity index (χ4n) is 1.97. The second-order valence-electron chi connectivity index (χ2n) is 3.97. The number of nitrogens with two attached hydrogens (primary N) is 1. The Kier molecular flexibility index (Phi) is 3.15. The quantitative estimate of drug-likeness (QED) is 0.629. The fraction of sp³-hybridized carbons (Fsp3) is 0.308. The van der Waals surface area contributed by atoms with Crippen molar-refractivity contribution in [1.29, 1.82) is 0 Å². The average Bonchev–Trinajstić information content (AvgIpc) is 2.38. The predicted octanol–water partition coefficient (Wildman–Crippen LogP) is 2.40. The molecule has 0 saturated heterocycles. The van der Waals surface area contributed by atoms with Gasteiger partial charge in [0, 0.05) is 5.39 Å². The van der Waals surface area contributed by atoms with Crippen LogP contribution in [0.3, 0.4) is 0 Å². The highest BCUT2D eigenvalue weighted by Crippen LogP contribution is 2.29. The molecule has 0 atom stereocenters. The van der Waals surface area contributed by atoms with Crippen molar-refractivity contribution in [3.8, 4) is 5.75 Å². The molecule has 0 aliphatic heterocycles. The zero-order valence-corrected chi connectivity index (χ0v) is 10.4. The zero-order chi connectivity index (χ0) is 12.4. The summed E-state index contributed by atoms with van der Waals surface area (Å²) in [5, 5.41) is 1.11. The van der Waals surface area contributed by atoms with E-state index >= 15 is 0 Å². The van der Waals surface area contributed by atoms with Crippen LogP contribution >= 0.6 is 0 Å².